The number of hydrogen-bond acceptors (Lipinski definition) is 4. The van der Waals surface area contributed by atoms with Gasteiger partial charge in [0.1, 0.15) is 5.60 Å². The maximum Gasteiger partial charge on any atom is 0.410 e. The molecule has 2 aliphatic heterocycles. The number of halogens is 2. The molecule has 7 heteroatoms. The Morgan fingerprint density at radius 1 is 1.23 bits per heavy atom. The number of alkyl halides is 2. The number of rotatable bonds is 2. The van der Waals surface area contributed by atoms with Crippen molar-refractivity contribution < 1.29 is 28.2 Å². The molecule has 1 amide bonds. The first kappa shape index (κ1) is 19.0. The fourth-order valence-electron chi connectivity index (χ4n) is 3.76. The fourth-order valence-corrected chi connectivity index (χ4v) is 3.76. The quantitative estimate of drug-likeness (QED) is 0.865. The highest BCUT2D eigenvalue weighted by atomic mass is 19.3. The summed E-state index contributed by atoms with van der Waals surface area (Å²) in [5, 5.41) is 11.2. The second-order valence-electron chi connectivity index (χ2n) is 8.10. The van der Waals surface area contributed by atoms with Crippen LogP contribution in [0.15, 0.2) is 24.3 Å². The SMILES string of the molecule is CC(C)(C)OC(=O)N1C2COCC1CC(O)(c1ccc(C(F)F)cc1)C2. The zero-order valence-corrected chi connectivity index (χ0v) is 15.2. The molecule has 3 rings (SSSR count). The molecule has 2 atom stereocenters. The predicted octanol–water partition coefficient (Wildman–Crippen LogP) is 3.61. The topological polar surface area (TPSA) is 59.0 Å². The van der Waals surface area contributed by atoms with E-state index in [-0.39, 0.29) is 30.5 Å². The number of aliphatic hydroxyl groups is 1. The molecular weight excluding hydrogens is 344 g/mol. The van der Waals surface area contributed by atoms with Gasteiger partial charge in [-0.2, -0.15) is 0 Å². The van der Waals surface area contributed by atoms with Crippen LogP contribution in [0.3, 0.4) is 0 Å². The van der Waals surface area contributed by atoms with Crippen LogP contribution in [0, 0.1) is 0 Å². The van der Waals surface area contributed by atoms with Crippen LogP contribution in [0.4, 0.5) is 13.6 Å². The Hall–Kier alpha value is -1.73. The number of benzene rings is 1. The summed E-state index contributed by atoms with van der Waals surface area (Å²) in [6.07, 6.45) is -2.40. The molecule has 0 spiro atoms. The molecule has 2 heterocycles. The molecule has 0 aliphatic carbocycles. The lowest BCUT2D eigenvalue weighted by Crippen LogP contribution is -2.63. The lowest BCUT2D eigenvalue weighted by molar-refractivity contribution is -0.141. The van der Waals surface area contributed by atoms with Gasteiger partial charge in [0.05, 0.1) is 30.9 Å². The first-order chi connectivity index (χ1) is 12.1. The molecule has 5 nitrogen and oxygen atoms in total. The zero-order valence-electron chi connectivity index (χ0n) is 15.2. The number of nitrogens with zero attached hydrogens (tertiary/aromatic N) is 1. The van der Waals surface area contributed by atoms with Crippen molar-refractivity contribution in [2.24, 2.45) is 0 Å². The Labute approximate surface area is 151 Å². The van der Waals surface area contributed by atoms with E-state index >= 15 is 0 Å². The van der Waals surface area contributed by atoms with Gasteiger partial charge in [-0.3, -0.25) is 4.90 Å². The normalized spacial score (nSPS) is 29.0. The van der Waals surface area contributed by atoms with Gasteiger partial charge >= 0.3 is 6.09 Å². The second-order valence-corrected chi connectivity index (χ2v) is 8.10. The molecule has 144 valence electrons. The summed E-state index contributed by atoms with van der Waals surface area (Å²) in [4.78, 5) is 14.2. The van der Waals surface area contributed by atoms with Crippen molar-refractivity contribution in [3.05, 3.63) is 35.4 Å². The van der Waals surface area contributed by atoms with Crippen molar-refractivity contribution in [3.63, 3.8) is 0 Å². The van der Waals surface area contributed by atoms with E-state index in [0.29, 0.717) is 18.8 Å². The summed E-state index contributed by atoms with van der Waals surface area (Å²) in [7, 11) is 0. The van der Waals surface area contributed by atoms with E-state index in [0.717, 1.165) is 0 Å². The first-order valence-electron chi connectivity index (χ1n) is 8.79. The molecule has 2 unspecified atom stereocenters. The van der Waals surface area contributed by atoms with Crippen molar-refractivity contribution in [1.82, 2.24) is 4.90 Å². The van der Waals surface area contributed by atoms with Crippen LogP contribution >= 0.6 is 0 Å². The summed E-state index contributed by atoms with van der Waals surface area (Å²) in [6, 6.07) is 5.12. The maximum atomic E-state index is 12.8. The highest BCUT2D eigenvalue weighted by molar-refractivity contribution is 5.69. The minimum atomic E-state index is -2.54. The Bertz CT molecular complexity index is 642. The lowest BCUT2D eigenvalue weighted by atomic mass is 9.77. The molecule has 26 heavy (non-hydrogen) atoms. The summed E-state index contributed by atoms with van der Waals surface area (Å²) < 4.78 is 36.6. The molecule has 1 aromatic carbocycles. The Kier molecular flexibility index (Phi) is 4.96. The highest BCUT2D eigenvalue weighted by Crippen LogP contribution is 2.41. The number of hydrogen-bond donors (Lipinski definition) is 1. The van der Waals surface area contributed by atoms with Crippen LogP contribution in [-0.2, 0) is 15.1 Å². The maximum absolute atomic E-state index is 12.8. The lowest BCUT2D eigenvalue weighted by Gasteiger charge is -2.51. The highest BCUT2D eigenvalue weighted by Gasteiger charge is 2.49. The summed E-state index contributed by atoms with van der Waals surface area (Å²) in [6.45, 7) is 6.05. The van der Waals surface area contributed by atoms with Gasteiger partial charge in [0.15, 0.2) is 0 Å². The number of piperidine rings is 1. The average Bonchev–Trinajstić information content (AvgIpc) is 2.52. The first-order valence-corrected chi connectivity index (χ1v) is 8.79. The number of carbonyl (C=O) groups is 1. The van der Waals surface area contributed by atoms with Gasteiger partial charge in [-0.1, -0.05) is 24.3 Å². The third-order valence-electron chi connectivity index (χ3n) is 4.86. The second kappa shape index (κ2) is 6.78. The van der Waals surface area contributed by atoms with Crippen LogP contribution in [0.5, 0.6) is 0 Å². The number of fused-ring (bicyclic) bond motifs is 2. The molecule has 2 bridgehead atoms. The molecule has 2 fully saturated rings. The van der Waals surface area contributed by atoms with Crippen molar-refractivity contribution in [2.45, 2.75) is 63.3 Å². The van der Waals surface area contributed by atoms with E-state index in [1.54, 1.807) is 17.0 Å². The molecule has 0 aromatic heterocycles. The summed E-state index contributed by atoms with van der Waals surface area (Å²) in [5.74, 6) is 0. The van der Waals surface area contributed by atoms with Crippen LogP contribution in [0.2, 0.25) is 0 Å². The number of amides is 1. The molecular formula is C19H25F2NO4. The third-order valence-corrected chi connectivity index (χ3v) is 4.86. The van der Waals surface area contributed by atoms with Crippen LogP contribution in [0.25, 0.3) is 0 Å². The van der Waals surface area contributed by atoms with E-state index < -0.39 is 23.7 Å². The van der Waals surface area contributed by atoms with Gasteiger partial charge < -0.3 is 14.6 Å². The van der Waals surface area contributed by atoms with E-state index in [1.807, 2.05) is 20.8 Å². The van der Waals surface area contributed by atoms with Crippen molar-refractivity contribution in [3.8, 4) is 0 Å². The molecule has 1 aromatic rings. The average molecular weight is 369 g/mol. The van der Waals surface area contributed by atoms with Gasteiger partial charge in [-0.15, -0.1) is 0 Å². The van der Waals surface area contributed by atoms with Crippen molar-refractivity contribution in [2.75, 3.05) is 13.2 Å². The zero-order chi connectivity index (χ0) is 19.1. The van der Waals surface area contributed by atoms with E-state index in [2.05, 4.69) is 0 Å². The summed E-state index contributed by atoms with van der Waals surface area (Å²) >= 11 is 0. The fraction of sp³-hybridized carbons (Fsp3) is 0.632. The van der Waals surface area contributed by atoms with Crippen LogP contribution in [-0.4, -0.2) is 47.0 Å². The van der Waals surface area contributed by atoms with Crippen LogP contribution < -0.4 is 0 Å². The third kappa shape index (κ3) is 3.83. The Balaban J connectivity index is 1.81. The van der Waals surface area contributed by atoms with Crippen molar-refractivity contribution in [1.29, 1.82) is 0 Å². The molecule has 0 saturated carbocycles. The van der Waals surface area contributed by atoms with Gasteiger partial charge in [0.25, 0.3) is 6.43 Å². The minimum absolute atomic E-state index is 0.0768. The minimum Gasteiger partial charge on any atom is -0.444 e. The smallest absolute Gasteiger partial charge is 0.410 e. The van der Waals surface area contributed by atoms with Gasteiger partial charge in [-0.05, 0) is 26.3 Å². The van der Waals surface area contributed by atoms with Crippen LogP contribution in [0.1, 0.15) is 51.2 Å². The molecule has 0 radical (unpaired) electrons. The van der Waals surface area contributed by atoms with E-state index in [9.17, 15) is 18.7 Å². The van der Waals surface area contributed by atoms with E-state index in [4.69, 9.17) is 9.47 Å². The van der Waals surface area contributed by atoms with Gasteiger partial charge in [0, 0.05) is 18.4 Å². The number of carbonyl (C=O) groups excluding carboxylic acids is 1. The van der Waals surface area contributed by atoms with Gasteiger partial charge in [0.2, 0.25) is 0 Å². The molecule has 2 saturated heterocycles. The monoisotopic (exact) mass is 369 g/mol. The Morgan fingerprint density at radius 2 is 1.77 bits per heavy atom. The number of morpholine rings is 1. The summed E-state index contributed by atoms with van der Waals surface area (Å²) in [5.41, 5.74) is -1.28. The standard InChI is InChI=1S/C19H25F2NO4/c1-18(2,3)26-17(23)22-14-8-19(24,9-15(22)11-25-10-14)13-6-4-12(5-7-13)16(20)21/h4-7,14-16,24H,8-11H2,1-3H3. The largest absolute Gasteiger partial charge is 0.444 e. The number of ether oxygens (including phenoxy) is 2. The molecule has 1 N–H and O–H groups in total. The Morgan fingerprint density at radius 3 is 2.23 bits per heavy atom. The van der Waals surface area contributed by atoms with Crippen molar-refractivity contribution >= 4 is 6.09 Å². The predicted molar refractivity (Wildman–Crippen MR) is 91.0 cm³/mol. The van der Waals surface area contributed by atoms with E-state index in [1.165, 1.54) is 12.1 Å². The van der Waals surface area contributed by atoms with Gasteiger partial charge in [-0.25, -0.2) is 13.6 Å². The molecule has 2 aliphatic rings.